The van der Waals surface area contributed by atoms with E-state index in [1.807, 2.05) is 0 Å². The first-order valence-electron chi connectivity index (χ1n) is 9.51. The van der Waals surface area contributed by atoms with E-state index in [-0.39, 0.29) is 16.9 Å². The zero-order valence-corrected chi connectivity index (χ0v) is 14.6. The molecule has 0 spiro atoms. The molecule has 1 saturated heterocycles. The van der Waals surface area contributed by atoms with Gasteiger partial charge in [-0.1, -0.05) is 12.1 Å². The molecule has 0 aromatic carbocycles. The zero-order chi connectivity index (χ0) is 16.7. The second-order valence-electron chi connectivity index (χ2n) is 9.19. The lowest BCUT2D eigenvalue weighted by molar-refractivity contribution is -0.127. The molecule has 24 heavy (non-hydrogen) atoms. The van der Waals surface area contributed by atoms with Crippen LogP contribution < -0.4 is 0 Å². The van der Waals surface area contributed by atoms with Crippen LogP contribution >= 0.6 is 0 Å². The van der Waals surface area contributed by atoms with Crippen molar-refractivity contribution in [3.05, 3.63) is 22.7 Å². The number of hydrogen-bond donors (Lipinski definition) is 1. The van der Waals surface area contributed by atoms with Gasteiger partial charge in [-0.2, -0.15) is 0 Å². The van der Waals surface area contributed by atoms with E-state index in [9.17, 15) is 10.3 Å². The molecule has 0 bridgehead atoms. The molecule has 4 unspecified atom stereocenters. The van der Waals surface area contributed by atoms with Gasteiger partial charge in [0.2, 0.25) is 0 Å². The van der Waals surface area contributed by atoms with Crippen molar-refractivity contribution in [2.45, 2.75) is 64.0 Å². The second-order valence-corrected chi connectivity index (χ2v) is 9.19. The van der Waals surface area contributed by atoms with Crippen molar-refractivity contribution in [2.75, 3.05) is 6.54 Å². The Bertz CT molecular complexity index is 661. The van der Waals surface area contributed by atoms with Gasteiger partial charge in [0.1, 0.15) is 6.10 Å². The van der Waals surface area contributed by atoms with Crippen molar-refractivity contribution in [3.63, 3.8) is 0 Å². The largest absolute Gasteiger partial charge is 0.785 e. The molecule has 132 valence electrons. The highest BCUT2D eigenvalue weighted by Gasteiger charge is 2.60. The summed E-state index contributed by atoms with van der Waals surface area (Å²) in [7, 11) is 0. The molecule has 2 saturated carbocycles. The average molecular weight is 331 g/mol. The van der Waals surface area contributed by atoms with Gasteiger partial charge in [-0.3, -0.25) is 0 Å². The van der Waals surface area contributed by atoms with Crippen LogP contribution in [0, 0.1) is 34.3 Å². The molecule has 7 atom stereocenters. The number of hydroxylamine groups is 2. The normalized spacial score (nSPS) is 50.8. The van der Waals surface area contributed by atoms with E-state index < -0.39 is 6.10 Å². The molecule has 0 radical (unpaired) electrons. The third-order valence-corrected chi connectivity index (χ3v) is 8.41. The molecule has 1 aromatic heterocycles. The minimum atomic E-state index is -0.518. The van der Waals surface area contributed by atoms with Crippen LogP contribution in [0.5, 0.6) is 0 Å². The van der Waals surface area contributed by atoms with Crippen molar-refractivity contribution in [1.29, 1.82) is 0 Å². The smallest absolute Gasteiger partial charge is 0.168 e. The fraction of sp³-hybridized carbons (Fsp3) is 0.842. The number of aromatic nitrogens is 1. The molecule has 1 N–H and O–H groups in total. The van der Waals surface area contributed by atoms with E-state index in [4.69, 9.17) is 4.52 Å². The van der Waals surface area contributed by atoms with Gasteiger partial charge in [-0.25, -0.2) is 0 Å². The van der Waals surface area contributed by atoms with Crippen molar-refractivity contribution < 1.29 is 9.63 Å². The van der Waals surface area contributed by atoms with E-state index in [1.54, 1.807) is 6.20 Å². The van der Waals surface area contributed by atoms with Crippen LogP contribution in [0.1, 0.15) is 63.4 Å². The topological polar surface area (TPSA) is 72.6 Å². The molecule has 5 rings (SSSR count). The Morgan fingerprint density at radius 2 is 2.04 bits per heavy atom. The van der Waals surface area contributed by atoms with Gasteiger partial charge in [0.15, 0.2) is 5.76 Å². The fourth-order valence-electron chi connectivity index (χ4n) is 7.15. The van der Waals surface area contributed by atoms with Crippen molar-refractivity contribution in [2.24, 2.45) is 29.1 Å². The van der Waals surface area contributed by atoms with E-state index in [0.29, 0.717) is 30.1 Å². The Morgan fingerprint density at radius 1 is 1.21 bits per heavy atom. The Hall–Kier alpha value is -0.910. The van der Waals surface area contributed by atoms with Gasteiger partial charge in [0.05, 0.1) is 6.20 Å². The van der Waals surface area contributed by atoms with Gasteiger partial charge >= 0.3 is 0 Å². The SMILES string of the molecule is C[C@]12Cc3cnoc3[C@@H](O)C1CCC1C2CC[C@@]2(C)C1CCN2[O-]. The highest BCUT2D eigenvalue weighted by atomic mass is 16.5. The summed E-state index contributed by atoms with van der Waals surface area (Å²) in [5.74, 6) is 2.69. The molecular formula is C19H27N2O3-. The molecule has 2 heterocycles. The lowest BCUT2D eigenvalue weighted by Gasteiger charge is -2.61. The average Bonchev–Trinajstić information content (AvgIpc) is 3.12. The summed E-state index contributed by atoms with van der Waals surface area (Å²) in [6.07, 6.45) is 7.56. The molecular weight excluding hydrogens is 304 g/mol. The molecule has 3 aliphatic carbocycles. The third-order valence-electron chi connectivity index (χ3n) is 8.41. The fourth-order valence-corrected chi connectivity index (χ4v) is 7.15. The molecule has 0 amide bonds. The van der Waals surface area contributed by atoms with Crippen LogP contribution in [0.25, 0.3) is 0 Å². The maximum atomic E-state index is 12.4. The molecule has 5 heteroatoms. The van der Waals surface area contributed by atoms with Crippen LogP contribution in [0.15, 0.2) is 10.7 Å². The Morgan fingerprint density at radius 3 is 2.88 bits per heavy atom. The van der Waals surface area contributed by atoms with Gasteiger partial charge < -0.3 is 19.9 Å². The summed E-state index contributed by atoms with van der Waals surface area (Å²) in [4.78, 5) is 0. The number of fused-ring (bicyclic) bond motifs is 6. The first-order valence-corrected chi connectivity index (χ1v) is 9.51. The summed E-state index contributed by atoms with van der Waals surface area (Å²) in [5, 5.41) is 28.6. The van der Waals surface area contributed by atoms with Gasteiger partial charge in [0, 0.05) is 11.1 Å². The van der Waals surface area contributed by atoms with E-state index in [2.05, 4.69) is 19.0 Å². The molecule has 5 nitrogen and oxygen atoms in total. The van der Waals surface area contributed by atoms with Crippen molar-refractivity contribution in [1.82, 2.24) is 10.2 Å². The molecule has 4 aliphatic rings. The predicted molar refractivity (Wildman–Crippen MR) is 88.8 cm³/mol. The Kier molecular flexibility index (Phi) is 3.09. The lowest BCUT2D eigenvalue weighted by atomic mass is 9.46. The van der Waals surface area contributed by atoms with Gasteiger partial charge in [0.25, 0.3) is 0 Å². The van der Waals surface area contributed by atoms with Gasteiger partial charge in [-0.15, -0.1) is 0 Å². The lowest BCUT2D eigenvalue weighted by Crippen LogP contribution is -2.57. The molecule has 1 aromatic rings. The highest BCUT2D eigenvalue weighted by Crippen LogP contribution is 2.64. The zero-order valence-electron chi connectivity index (χ0n) is 14.6. The number of hydrogen-bond acceptors (Lipinski definition) is 5. The summed E-state index contributed by atoms with van der Waals surface area (Å²) in [5.41, 5.74) is 1.03. The summed E-state index contributed by atoms with van der Waals surface area (Å²) < 4.78 is 5.35. The maximum absolute atomic E-state index is 12.4. The quantitative estimate of drug-likeness (QED) is 0.790. The van der Waals surface area contributed by atoms with Crippen LogP contribution in [0.4, 0.5) is 0 Å². The van der Waals surface area contributed by atoms with Gasteiger partial charge in [-0.05, 0) is 81.1 Å². The van der Waals surface area contributed by atoms with Crippen molar-refractivity contribution in [3.8, 4) is 0 Å². The van der Waals surface area contributed by atoms with Crippen LogP contribution in [-0.4, -0.2) is 27.4 Å². The minimum absolute atomic E-state index is 0.0958. The Balaban J connectivity index is 1.53. The van der Waals surface area contributed by atoms with Crippen LogP contribution in [0.3, 0.4) is 0 Å². The van der Waals surface area contributed by atoms with Crippen LogP contribution in [-0.2, 0) is 6.42 Å². The number of rotatable bonds is 0. The first kappa shape index (κ1) is 15.4. The third kappa shape index (κ3) is 1.73. The van der Waals surface area contributed by atoms with E-state index >= 15 is 0 Å². The number of aliphatic hydroxyl groups is 1. The summed E-state index contributed by atoms with van der Waals surface area (Å²) in [6, 6.07) is 0. The number of nitrogens with zero attached hydrogens (tertiary/aromatic N) is 2. The summed E-state index contributed by atoms with van der Waals surface area (Å²) >= 11 is 0. The monoisotopic (exact) mass is 331 g/mol. The number of aliphatic hydroxyl groups excluding tert-OH is 1. The minimum Gasteiger partial charge on any atom is -0.785 e. The molecule has 1 aliphatic heterocycles. The van der Waals surface area contributed by atoms with Crippen LogP contribution in [0.2, 0.25) is 0 Å². The summed E-state index contributed by atoms with van der Waals surface area (Å²) in [6.45, 7) is 5.26. The first-order chi connectivity index (χ1) is 11.4. The predicted octanol–water partition coefficient (Wildman–Crippen LogP) is 3.29. The van der Waals surface area contributed by atoms with Crippen molar-refractivity contribution >= 4 is 0 Å². The maximum Gasteiger partial charge on any atom is 0.168 e. The second kappa shape index (κ2) is 4.83. The Labute approximate surface area is 143 Å². The standard InChI is InChI=1S/C19H27N2O3/c1-18-9-11-10-20-24-17(11)16(22)15(18)4-3-12-13(18)5-7-19(2)14(12)6-8-21(19)23/h10,12-16,22H,3-9H2,1-2H3/q-1/t12?,13?,14?,15?,16-,18+,19-/m0/s1. The molecule has 3 fully saturated rings. The highest BCUT2D eigenvalue weighted by molar-refractivity contribution is 5.26. The van der Waals surface area contributed by atoms with E-state index in [1.165, 1.54) is 5.06 Å². The van der Waals surface area contributed by atoms with E-state index in [0.717, 1.165) is 44.1 Å².